The van der Waals surface area contributed by atoms with Crippen LogP contribution in [0, 0.1) is 13.8 Å². The maximum absolute atomic E-state index is 12.8. The number of hydroxylamine groups is 1. The van der Waals surface area contributed by atoms with Crippen molar-refractivity contribution in [1.82, 2.24) is 20.4 Å². The van der Waals surface area contributed by atoms with Crippen LogP contribution in [0.5, 0.6) is 0 Å². The molecule has 0 spiro atoms. The van der Waals surface area contributed by atoms with Gasteiger partial charge < -0.3 is 9.97 Å². The van der Waals surface area contributed by atoms with Crippen LogP contribution in [0.15, 0.2) is 42.0 Å². The van der Waals surface area contributed by atoms with Crippen molar-refractivity contribution in [2.24, 2.45) is 0 Å². The Morgan fingerprint density at radius 1 is 1.17 bits per heavy atom. The Hall–Kier alpha value is -3.45. The number of Topliss-reactive ketones (excluding diaryl/α,β-unsaturated/α-hetero) is 1. The Bertz CT molecular complexity index is 1180. The first-order valence-corrected chi connectivity index (χ1v) is 9.43. The van der Waals surface area contributed by atoms with E-state index in [-0.39, 0.29) is 11.7 Å². The van der Waals surface area contributed by atoms with E-state index >= 15 is 0 Å². The summed E-state index contributed by atoms with van der Waals surface area (Å²) in [7, 11) is 1.39. The number of carbonyl (C=O) groups excluding carboxylic acids is 2. The zero-order chi connectivity index (χ0) is 20.5. The van der Waals surface area contributed by atoms with Gasteiger partial charge in [-0.2, -0.15) is 0 Å². The summed E-state index contributed by atoms with van der Waals surface area (Å²) in [5.74, 6) is 0.299. The average Bonchev–Trinajstić information content (AvgIpc) is 3.27. The number of aryl methyl sites for hydroxylation is 1. The number of ketones is 1. The number of imidazole rings is 1. The molecule has 3 N–H and O–H groups in total. The monoisotopic (exact) mass is 390 g/mol. The first-order valence-electron chi connectivity index (χ1n) is 9.43. The Morgan fingerprint density at radius 3 is 2.72 bits per heavy atom. The van der Waals surface area contributed by atoms with Gasteiger partial charge in [-0.05, 0) is 50.5 Å². The lowest BCUT2D eigenvalue weighted by molar-refractivity contribution is 0.0532. The maximum Gasteiger partial charge on any atom is 0.291 e. The van der Waals surface area contributed by atoms with Gasteiger partial charge in [0.05, 0.1) is 18.1 Å². The normalized spacial score (nSPS) is 13.6. The van der Waals surface area contributed by atoms with E-state index in [1.165, 1.54) is 7.11 Å². The molecule has 0 saturated carbocycles. The van der Waals surface area contributed by atoms with Crippen LogP contribution in [0.3, 0.4) is 0 Å². The van der Waals surface area contributed by atoms with Crippen molar-refractivity contribution in [3.05, 3.63) is 64.5 Å². The zero-order valence-electron chi connectivity index (χ0n) is 16.6. The quantitative estimate of drug-likeness (QED) is 0.454. The second kappa shape index (κ2) is 7.52. The van der Waals surface area contributed by atoms with Crippen molar-refractivity contribution < 1.29 is 14.4 Å². The number of allylic oxidation sites excluding steroid dienone is 4. The van der Waals surface area contributed by atoms with Gasteiger partial charge in [0.15, 0.2) is 5.78 Å². The van der Waals surface area contributed by atoms with Crippen molar-refractivity contribution in [1.29, 1.82) is 0 Å². The number of hydrogen-bond donors (Lipinski definition) is 3. The van der Waals surface area contributed by atoms with Crippen LogP contribution in [0.2, 0.25) is 0 Å². The molecular weight excluding hydrogens is 368 g/mol. The Morgan fingerprint density at radius 2 is 2.00 bits per heavy atom. The number of carbonyl (C=O) groups is 2. The largest absolute Gasteiger partial charge is 0.354 e. The molecule has 2 aromatic heterocycles. The van der Waals surface area contributed by atoms with Crippen LogP contribution in [-0.2, 0) is 4.84 Å². The minimum absolute atomic E-state index is 0.00604. The molecule has 0 unspecified atom stereocenters. The van der Waals surface area contributed by atoms with Crippen LogP contribution in [-0.4, -0.2) is 33.8 Å². The molecule has 2 heterocycles. The lowest BCUT2D eigenvalue weighted by atomic mass is 9.98. The second-order valence-electron chi connectivity index (χ2n) is 7.05. The molecule has 1 aromatic carbocycles. The number of aromatic amines is 2. The van der Waals surface area contributed by atoms with Gasteiger partial charge in [-0.1, -0.05) is 18.2 Å². The summed E-state index contributed by atoms with van der Waals surface area (Å²) >= 11 is 0. The first-order chi connectivity index (χ1) is 14.0. The third-order valence-electron chi connectivity index (χ3n) is 5.10. The average molecular weight is 390 g/mol. The molecule has 0 fully saturated rings. The summed E-state index contributed by atoms with van der Waals surface area (Å²) in [4.78, 5) is 40.7. The fourth-order valence-corrected chi connectivity index (χ4v) is 3.69. The van der Waals surface area contributed by atoms with E-state index in [0.29, 0.717) is 17.1 Å². The number of H-pyrrole nitrogens is 2. The fourth-order valence-electron chi connectivity index (χ4n) is 3.69. The molecule has 1 aliphatic carbocycles. The van der Waals surface area contributed by atoms with Gasteiger partial charge in [-0.15, -0.1) is 0 Å². The summed E-state index contributed by atoms with van der Waals surface area (Å²) in [6.07, 6.45) is 7.74. The van der Waals surface area contributed by atoms with E-state index in [0.717, 1.165) is 46.3 Å². The van der Waals surface area contributed by atoms with Crippen LogP contribution >= 0.6 is 0 Å². The van der Waals surface area contributed by atoms with Crippen molar-refractivity contribution in [2.75, 3.05) is 7.11 Å². The number of benzene rings is 1. The van der Waals surface area contributed by atoms with E-state index in [9.17, 15) is 9.59 Å². The third kappa shape index (κ3) is 3.40. The molecule has 0 saturated heterocycles. The van der Waals surface area contributed by atoms with Crippen LogP contribution < -0.4 is 5.48 Å². The number of fused-ring (bicyclic) bond motifs is 1. The minimum Gasteiger partial charge on any atom is -0.354 e. The van der Waals surface area contributed by atoms with Gasteiger partial charge in [0.1, 0.15) is 11.5 Å². The molecule has 0 atom stereocenters. The highest BCUT2D eigenvalue weighted by Gasteiger charge is 2.21. The SMILES string of the molecule is CONC(=O)c1[nH]c(C)c(-c2nc3ccc(C(=O)C4=CCCC=C4)cc3[nH]2)c1C. The van der Waals surface area contributed by atoms with Crippen molar-refractivity contribution >= 4 is 22.7 Å². The van der Waals surface area contributed by atoms with Crippen LogP contribution in [0.4, 0.5) is 0 Å². The maximum atomic E-state index is 12.8. The Labute approximate surface area is 167 Å². The van der Waals surface area contributed by atoms with Gasteiger partial charge >= 0.3 is 0 Å². The Kier molecular flexibility index (Phi) is 4.90. The summed E-state index contributed by atoms with van der Waals surface area (Å²) in [6.45, 7) is 3.74. The summed E-state index contributed by atoms with van der Waals surface area (Å²) in [5, 5.41) is 0. The molecule has 7 heteroatoms. The summed E-state index contributed by atoms with van der Waals surface area (Å²) < 4.78 is 0. The molecule has 0 bridgehead atoms. The number of hydrogen-bond acceptors (Lipinski definition) is 4. The molecule has 29 heavy (non-hydrogen) atoms. The standard InChI is InChI=1S/C22H22N4O3/c1-12-18(13(2)23-19(12)22(28)26-29-3)21-24-16-10-9-15(11-17(16)25-21)20(27)14-7-5-4-6-8-14/h5,7-11,23H,4,6H2,1-3H3,(H,24,25)(H,26,28). The number of nitrogens with zero attached hydrogens (tertiary/aromatic N) is 1. The van der Waals surface area contributed by atoms with Crippen LogP contribution in [0.25, 0.3) is 22.4 Å². The second-order valence-corrected chi connectivity index (χ2v) is 7.05. The third-order valence-corrected chi connectivity index (χ3v) is 5.10. The summed E-state index contributed by atoms with van der Waals surface area (Å²) in [5.41, 5.74) is 8.03. The molecule has 1 amide bonds. The van der Waals surface area contributed by atoms with E-state index in [1.807, 2.05) is 44.2 Å². The predicted octanol–water partition coefficient (Wildman–Crippen LogP) is 3.93. The number of amides is 1. The highest BCUT2D eigenvalue weighted by Crippen LogP contribution is 2.30. The van der Waals surface area contributed by atoms with Gasteiger partial charge in [0, 0.05) is 22.4 Å². The molecule has 0 aliphatic heterocycles. The van der Waals surface area contributed by atoms with Crippen molar-refractivity contribution in [2.45, 2.75) is 26.7 Å². The topological polar surface area (TPSA) is 99.9 Å². The zero-order valence-corrected chi connectivity index (χ0v) is 16.6. The Balaban J connectivity index is 1.72. The van der Waals surface area contributed by atoms with Gasteiger partial charge in [-0.25, -0.2) is 10.5 Å². The molecule has 7 nitrogen and oxygen atoms in total. The van der Waals surface area contributed by atoms with Crippen LogP contribution in [0.1, 0.15) is 44.9 Å². The molecule has 0 radical (unpaired) electrons. The smallest absolute Gasteiger partial charge is 0.291 e. The highest BCUT2D eigenvalue weighted by atomic mass is 16.6. The highest BCUT2D eigenvalue weighted by molar-refractivity contribution is 6.11. The van der Waals surface area contributed by atoms with Gasteiger partial charge in [0.25, 0.3) is 5.91 Å². The van der Waals surface area contributed by atoms with Crippen molar-refractivity contribution in [3.8, 4) is 11.4 Å². The summed E-state index contributed by atoms with van der Waals surface area (Å²) in [6, 6.07) is 5.46. The molecule has 4 rings (SSSR count). The van der Waals surface area contributed by atoms with E-state index in [4.69, 9.17) is 4.84 Å². The number of rotatable bonds is 5. The lowest BCUT2D eigenvalue weighted by Gasteiger charge is -2.05. The molecule has 148 valence electrons. The first kappa shape index (κ1) is 18.9. The lowest BCUT2D eigenvalue weighted by Crippen LogP contribution is -2.22. The van der Waals surface area contributed by atoms with E-state index < -0.39 is 0 Å². The molecule has 3 aromatic rings. The fraction of sp³-hybridized carbons (Fsp3) is 0.227. The number of aromatic nitrogens is 3. The van der Waals surface area contributed by atoms with E-state index in [1.54, 1.807) is 6.07 Å². The predicted molar refractivity (Wildman–Crippen MR) is 111 cm³/mol. The molecular formula is C22H22N4O3. The van der Waals surface area contributed by atoms with Gasteiger partial charge in [-0.3, -0.25) is 14.4 Å². The van der Waals surface area contributed by atoms with Crippen molar-refractivity contribution in [3.63, 3.8) is 0 Å². The number of nitrogens with one attached hydrogen (secondary N) is 3. The van der Waals surface area contributed by atoms with E-state index in [2.05, 4.69) is 20.4 Å². The minimum atomic E-state index is -0.350. The molecule has 1 aliphatic rings. The van der Waals surface area contributed by atoms with Gasteiger partial charge in [0.2, 0.25) is 0 Å².